The van der Waals surface area contributed by atoms with Crippen molar-refractivity contribution in [3.05, 3.63) is 57.4 Å². The van der Waals surface area contributed by atoms with Crippen molar-refractivity contribution in [3.63, 3.8) is 0 Å². The molecule has 0 aliphatic carbocycles. The predicted molar refractivity (Wildman–Crippen MR) is 81.0 cm³/mol. The molecule has 0 saturated carbocycles. The van der Waals surface area contributed by atoms with Gasteiger partial charge in [-0.25, -0.2) is 9.18 Å². The molecular weight excluding hydrogens is 331 g/mol. The summed E-state index contributed by atoms with van der Waals surface area (Å²) < 4.78 is 18.7. The minimum atomic E-state index is -1.38. The van der Waals surface area contributed by atoms with Gasteiger partial charge in [0.2, 0.25) is 0 Å². The van der Waals surface area contributed by atoms with Crippen molar-refractivity contribution >= 4 is 29.1 Å². The Labute approximate surface area is 134 Å². The minimum Gasteiger partial charge on any atom is -0.465 e. The first-order valence-corrected chi connectivity index (χ1v) is 6.55. The Morgan fingerprint density at radius 1 is 1.30 bits per heavy atom. The third kappa shape index (κ3) is 3.86. The summed E-state index contributed by atoms with van der Waals surface area (Å²) in [7, 11) is 1.16. The third-order valence-electron chi connectivity index (χ3n) is 2.86. The lowest BCUT2D eigenvalue weighted by Gasteiger charge is -2.15. The number of hydrogen-bond acceptors (Lipinski definition) is 4. The molecule has 0 bridgehead atoms. The van der Waals surface area contributed by atoms with Gasteiger partial charge in [0.05, 0.1) is 4.92 Å². The van der Waals surface area contributed by atoms with E-state index in [0.29, 0.717) is 4.90 Å². The van der Waals surface area contributed by atoms with Gasteiger partial charge in [0.15, 0.2) is 0 Å². The highest BCUT2D eigenvalue weighted by Gasteiger charge is 2.22. The van der Waals surface area contributed by atoms with Gasteiger partial charge in [-0.05, 0) is 18.2 Å². The average molecular weight is 341 g/mol. The van der Waals surface area contributed by atoms with Crippen LogP contribution in [0.2, 0.25) is 5.02 Å². The molecule has 0 saturated heterocycles. The summed E-state index contributed by atoms with van der Waals surface area (Å²) >= 11 is 5.71. The Hall–Kier alpha value is -2.87. The zero-order chi connectivity index (χ0) is 17.1. The SMILES string of the molecule is CN(C(=O)O)c1cc(Oc2cc(F)cc(Cl)c2)ccc1[N+](=O)[O-]. The maximum Gasteiger partial charge on any atom is 0.411 e. The van der Waals surface area contributed by atoms with Crippen molar-refractivity contribution in [1.82, 2.24) is 0 Å². The number of benzene rings is 2. The molecule has 1 N–H and O–H groups in total. The van der Waals surface area contributed by atoms with E-state index < -0.39 is 22.5 Å². The van der Waals surface area contributed by atoms with Crippen molar-refractivity contribution in [3.8, 4) is 11.5 Å². The highest BCUT2D eigenvalue weighted by Crippen LogP contribution is 2.34. The number of nitro benzene ring substituents is 1. The normalized spacial score (nSPS) is 10.2. The van der Waals surface area contributed by atoms with Crippen LogP contribution < -0.4 is 9.64 Å². The second-order valence-electron chi connectivity index (χ2n) is 4.46. The Morgan fingerprint density at radius 2 is 2.00 bits per heavy atom. The molecule has 23 heavy (non-hydrogen) atoms. The van der Waals surface area contributed by atoms with Crippen LogP contribution in [0.15, 0.2) is 36.4 Å². The van der Waals surface area contributed by atoms with Crippen LogP contribution in [0.25, 0.3) is 0 Å². The van der Waals surface area contributed by atoms with E-state index in [9.17, 15) is 19.3 Å². The molecule has 0 aromatic heterocycles. The van der Waals surface area contributed by atoms with E-state index in [0.717, 1.165) is 25.2 Å². The maximum atomic E-state index is 13.3. The largest absolute Gasteiger partial charge is 0.465 e. The lowest BCUT2D eigenvalue weighted by Crippen LogP contribution is -2.24. The summed E-state index contributed by atoms with van der Waals surface area (Å²) in [6.45, 7) is 0. The minimum absolute atomic E-state index is 0.0766. The number of halogens is 2. The van der Waals surface area contributed by atoms with E-state index in [1.165, 1.54) is 18.2 Å². The summed E-state index contributed by atoms with van der Waals surface area (Å²) in [5.41, 5.74) is -0.581. The van der Waals surface area contributed by atoms with Crippen molar-refractivity contribution in [2.75, 3.05) is 11.9 Å². The topological polar surface area (TPSA) is 92.9 Å². The fourth-order valence-electron chi connectivity index (χ4n) is 1.82. The van der Waals surface area contributed by atoms with Gasteiger partial charge in [-0.15, -0.1) is 0 Å². The lowest BCUT2D eigenvalue weighted by atomic mass is 10.2. The number of anilines is 1. The zero-order valence-electron chi connectivity index (χ0n) is 11.7. The van der Waals surface area contributed by atoms with E-state index in [2.05, 4.69) is 0 Å². The van der Waals surface area contributed by atoms with Gasteiger partial charge in [0.1, 0.15) is 23.0 Å². The number of carbonyl (C=O) groups is 1. The molecule has 120 valence electrons. The van der Waals surface area contributed by atoms with Crippen LogP contribution in [-0.2, 0) is 0 Å². The molecule has 2 aromatic rings. The highest BCUT2D eigenvalue weighted by molar-refractivity contribution is 6.30. The van der Waals surface area contributed by atoms with Gasteiger partial charge >= 0.3 is 6.09 Å². The first-order valence-electron chi connectivity index (χ1n) is 6.17. The van der Waals surface area contributed by atoms with Gasteiger partial charge in [-0.2, -0.15) is 0 Å². The molecule has 0 unspecified atom stereocenters. The predicted octanol–water partition coefficient (Wildman–Crippen LogP) is 4.29. The second-order valence-corrected chi connectivity index (χ2v) is 4.89. The molecule has 0 heterocycles. The van der Waals surface area contributed by atoms with Gasteiger partial charge in [-0.3, -0.25) is 15.0 Å². The van der Waals surface area contributed by atoms with Crippen molar-refractivity contribution in [2.45, 2.75) is 0 Å². The molecule has 0 aliphatic rings. The van der Waals surface area contributed by atoms with Crippen LogP contribution in [0.3, 0.4) is 0 Å². The van der Waals surface area contributed by atoms with E-state index in [-0.39, 0.29) is 22.2 Å². The molecule has 2 aromatic carbocycles. The second kappa shape index (κ2) is 6.49. The van der Waals surface area contributed by atoms with Gasteiger partial charge < -0.3 is 9.84 Å². The smallest absolute Gasteiger partial charge is 0.411 e. The number of amides is 1. The number of nitrogens with zero attached hydrogens (tertiary/aromatic N) is 2. The van der Waals surface area contributed by atoms with Crippen LogP contribution in [0.5, 0.6) is 11.5 Å². The highest BCUT2D eigenvalue weighted by atomic mass is 35.5. The number of rotatable bonds is 4. The van der Waals surface area contributed by atoms with E-state index in [1.807, 2.05) is 0 Å². The molecule has 0 radical (unpaired) electrons. The van der Waals surface area contributed by atoms with Gasteiger partial charge in [0.25, 0.3) is 5.69 Å². The quantitative estimate of drug-likeness (QED) is 0.661. The van der Waals surface area contributed by atoms with Crippen LogP contribution in [0, 0.1) is 15.9 Å². The Bertz CT molecular complexity index is 764. The van der Waals surface area contributed by atoms with E-state index in [4.69, 9.17) is 21.4 Å². The number of nitro groups is 1. The van der Waals surface area contributed by atoms with Gasteiger partial charge in [-0.1, -0.05) is 11.6 Å². The number of ether oxygens (including phenoxy) is 1. The standard InChI is InChI=1S/C14H10ClFN2O5/c1-17(14(19)20)13-7-10(2-3-12(13)18(21)22)23-11-5-8(15)4-9(16)6-11/h2-7H,1H3,(H,19,20). The first kappa shape index (κ1) is 16.5. The van der Waals surface area contributed by atoms with Crippen molar-refractivity contribution in [1.29, 1.82) is 0 Å². The maximum absolute atomic E-state index is 13.3. The van der Waals surface area contributed by atoms with Crippen LogP contribution in [-0.4, -0.2) is 23.2 Å². The molecule has 0 aliphatic heterocycles. The monoisotopic (exact) mass is 340 g/mol. The van der Waals surface area contributed by atoms with Gasteiger partial charge in [0, 0.05) is 30.3 Å². The summed E-state index contributed by atoms with van der Waals surface area (Å²) in [4.78, 5) is 22.0. The average Bonchev–Trinajstić information content (AvgIpc) is 2.44. The fourth-order valence-corrected chi connectivity index (χ4v) is 2.03. The summed E-state index contributed by atoms with van der Waals surface area (Å²) in [6.07, 6.45) is -1.38. The molecule has 2 rings (SSSR count). The van der Waals surface area contributed by atoms with Crippen LogP contribution in [0.1, 0.15) is 0 Å². The molecule has 0 atom stereocenters. The van der Waals surface area contributed by atoms with Crippen LogP contribution in [0.4, 0.5) is 20.6 Å². The van der Waals surface area contributed by atoms with Crippen molar-refractivity contribution < 1.29 is 24.0 Å². The molecule has 0 fully saturated rings. The summed E-state index contributed by atoms with van der Waals surface area (Å²) in [5, 5.41) is 20.1. The molecule has 0 spiro atoms. The van der Waals surface area contributed by atoms with Crippen LogP contribution >= 0.6 is 11.6 Å². The Balaban J connectivity index is 2.42. The van der Waals surface area contributed by atoms with E-state index in [1.54, 1.807) is 0 Å². The number of hydrogen-bond donors (Lipinski definition) is 1. The zero-order valence-corrected chi connectivity index (χ0v) is 12.5. The lowest BCUT2D eigenvalue weighted by molar-refractivity contribution is -0.384. The first-order chi connectivity index (χ1) is 10.8. The Morgan fingerprint density at radius 3 is 2.57 bits per heavy atom. The van der Waals surface area contributed by atoms with Crippen molar-refractivity contribution in [2.24, 2.45) is 0 Å². The third-order valence-corrected chi connectivity index (χ3v) is 3.08. The Kier molecular flexibility index (Phi) is 4.65. The molecular formula is C14H10ClFN2O5. The molecule has 7 nitrogen and oxygen atoms in total. The molecule has 9 heteroatoms. The molecule has 1 amide bonds. The fraction of sp³-hybridized carbons (Fsp3) is 0.0714. The summed E-state index contributed by atoms with van der Waals surface area (Å²) in [6, 6.07) is 7.07. The summed E-state index contributed by atoms with van der Waals surface area (Å²) in [5.74, 6) is -0.439. The van der Waals surface area contributed by atoms with E-state index >= 15 is 0 Å². The number of carboxylic acid groups (broad SMARTS) is 1.